The first-order chi connectivity index (χ1) is 18.2. The van der Waals surface area contributed by atoms with E-state index in [2.05, 4.69) is 24.8 Å². The number of esters is 1. The van der Waals surface area contributed by atoms with Crippen LogP contribution in [0, 0.1) is 17.2 Å². The largest absolute Gasteiger partial charge is 0.493 e. The molecule has 0 aliphatic carbocycles. The van der Waals surface area contributed by atoms with Gasteiger partial charge in [0.25, 0.3) is 0 Å². The predicted molar refractivity (Wildman–Crippen MR) is 148 cm³/mol. The van der Waals surface area contributed by atoms with E-state index >= 15 is 0 Å². The molecule has 0 aliphatic rings. The first kappa shape index (κ1) is 30.8. The number of methoxy groups -OCH3 is 4. The summed E-state index contributed by atoms with van der Waals surface area (Å²) < 4.78 is 27.0. The molecule has 2 aromatic rings. The Morgan fingerprint density at radius 3 is 2.11 bits per heavy atom. The van der Waals surface area contributed by atoms with Gasteiger partial charge in [-0.3, -0.25) is 0 Å². The molecule has 0 fully saturated rings. The molecule has 0 aromatic heterocycles. The van der Waals surface area contributed by atoms with Crippen LogP contribution in [0.3, 0.4) is 0 Å². The lowest BCUT2D eigenvalue weighted by Crippen LogP contribution is -2.32. The fraction of sp³-hybridized carbons (Fsp3) is 0.533. The lowest BCUT2D eigenvalue weighted by atomic mass is 9.69. The van der Waals surface area contributed by atoms with E-state index in [0.717, 1.165) is 30.6 Å². The number of ether oxygens (including phenoxy) is 5. The molecule has 0 heterocycles. The van der Waals surface area contributed by atoms with Gasteiger partial charge in [-0.25, -0.2) is 4.79 Å². The lowest BCUT2D eigenvalue weighted by Gasteiger charge is -2.32. The van der Waals surface area contributed by atoms with Crippen LogP contribution in [0.5, 0.6) is 23.0 Å². The van der Waals surface area contributed by atoms with Gasteiger partial charge in [-0.1, -0.05) is 19.9 Å². The van der Waals surface area contributed by atoms with E-state index in [9.17, 15) is 10.1 Å². The van der Waals surface area contributed by atoms with Crippen LogP contribution in [0.2, 0.25) is 0 Å². The van der Waals surface area contributed by atoms with Crippen molar-refractivity contribution >= 4 is 5.97 Å². The van der Waals surface area contributed by atoms with Crippen molar-refractivity contribution in [2.45, 2.75) is 45.4 Å². The van der Waals surface area contributed by atoms with Gasteiger partial charge >= 0.3 is 5.97 Å². The van der Waals surface area contributed by atoms with E-state index < -0.39 is 5.41 Å². The molecule has 38 heavy (non-hydrogen) atoms. The van der Waals surface area contributed by atoms with Gasteiger partial charge in [-0.15, -0.1) is 0 Å². The number of nitrogens with zero attached hydrogens (tertiary/aromatic N) is 2. The fourth-order valence-electron chi connectivity index (χ4n) is 4.71. The molecular formula is C30H42N2O6. The molecule has 2 aromatic carbocycles. The maximum atomic E-state index is 12.6. The number of carbonyl (C=O) groups excluding carboxylic acids is 1. The minimum absolute atomic E-state index is 0.106. The van der Waals surface area contributed by atoms with Gasteiger partial charge in [0.05, 0.1) is 52.1 Å². The second kappa shape index (κ2) is 14.5. The highest BCUT2D eigenvalue weighted by atomic mass is 16.5. The van der Waals surface area contributed by atoms with Crippen LogP contribution >= 0.6 is 0 Å². The van der Waals surface area contributed by atoms with Crippen LogP contribution in [0.1, 0.15) is 55.1 Å². The third kappa shape index (κ3) is 7.11. The van der Waals surface area contributed by atoms with Gasteiger partial charge in [-0.05, 0) is 81.1 Å². The first-order valence-electron chi connectivity index (χ1n) is 13.0. The minimum atomic E-state index is -0.652. The minimum Gasteiger partial charge on any atom is -0.493 e. The lowest BCUT2D eigenvalue weighted by molar-refractivity contribution is 0.0524. The summed E-state index contributed by atoms with van der Waals surface area (Å²) in [6, 6.07) is 11.9. The second-order valence-electron chi connectivity index (χ2n) is 9.55. The average Bonchev–Trinajstić information content (AvgIpc) is 2.93. The van der Waals surface area contributed by atoms with Crippen molar-refractivity contribution in [1.29, 1.82) is 5.26 Å². The van der Waals surface area contributed by atoms with E-state index in [1.54, 1.807) is 41.4 Å². The van der Waals surface area contributed by atoms with Crippen molar-refractivity contribution in [2.75, 3.05) is 55.2 Å². The molecule has 8 heteroatoms. The number of carbonyl (C=O) groups is 1. The van der Waals surface area contributed by atoms with Crippen molar-refractivity contribution in [3.63, 3.8) is 0 Å². The molecule has 0 aliphatic heterocycles. The Morgan fingerprint density at radius 2 is 1.55 bits per heavy atom. The van der Waals surface area contributed by atoms with Crippen LogP contribution in [-0.4, -0.2) is 66.1 Å². The molecule has 2 rings (SSSR count). The van der Waals surface area contributed by atoms with Crippen LogP contribution in [-0.2, 0) is 16.6 Å². The summed E-state index contributed by atoms with van der Waals surface area (Å²) in [4.78, 5) is 14.8. The number of hydrogen-bond acceptors (Lipinski definition) is 8. The molecule has 0 spiro atoms. The highest BCUT2D eigenvalue weighted by Crippen LogP contribution is 2.40. The van der Waals surface area contributed by atoms with E-state index in [4.69, 9.17) is 23.7 Å². The van der Waals surface area contributed by atoms with Crippen molar-refractivity contribution in [3.8, 4) is 29.1 Å². The average molecular weight is 527 g/mol. The summed E-state index contributed by atoms with van der Waals surface area (Å²) in [5, 5.41) is 10.3. The molecule has 0 bridgehead atoms. The molecule has 208 valence electrons. The van der Waals surface area contributed by atoms with E-state index in [1.807, 2.05) is 31.3 Å². The maximum absolute atomic E-state index is 12.6. The number of rotatable bonds is 15. The summed E-state index contributed by atoms with van der Waals surface area (Å²) in [6.45, 7) is 7.76. The van der Waals surface area contributed by atoms with E-state index in [-0.39, 0.29) is 11.9 Å². The van der Waals surface area contributed by atoms with E-state index in [0.29, 0.717) is 48.0 Å². The monoisotopic (exact) mass is 526 g/mol. The topological polar surface area (TPSA) is 90.3 Å². The fourth-order valence-corrected chi connectivity index (χ4v) is 4.71. The summed E-state index contributed by atoms with van der Waals surface area (Å²) in [5.74, 6) is 2.05. The Kier molecular flexibility index (Phi) is 11.7. The zero-order valence-corrected chi connectivity index (χ0v) is 24.1. The van der Waals surface area contributed by atoms with Gasteiger partial charge < -0.3 is 28.6 Å². The third-order valence-electron chi connectivity index (χ3n) is 7.06. The molecule has 1 unspecified atom stereocenters. The molecular weight excluding hydrogens is 484 g/mol. The molecule has 0 saturated carbocycles. The quantitative estimate of drug-likeness (QED) is 0.290. The number of likely N-dealkylation sites (N-methyl/N-ethyl adjacent to an activating group) is 1. The number of benzene rings is 2. The molecule has 0 radical (unpaired) electrons. The molecule has 0 saturated heterocycles. The highest BCUT2D eigenvalue weighted by molar-refractivity contribution is 5.92. The van der Waals surface area contributed by atoms with Crippen molar-refractivity contribution in [3.05, 3.63) is 47.0 Å². The highest BCUT2D eigenvalue weighted by Gasteiger charge is 2.36. The Hall–Kier alpha value is -3.44. The normalized spacial score (nSPS) is 12.6. The smallest absolute Gasteiger partial charge is 0.338 e. The second-order valence-corrected chi connectivity index (χ2v) is 9.55. The summed E-state index contributed by atoms with van der Waals surface area (Å²) in [7, 11) is 8.37. The Morgan fingerprint density at radius 1 is 0.947 bits per heavy atom. The predicted octanol–water partition coefficient (Wildman–Crippen LogP) is 5.27. The van der Waals surface area contributed by atoms with Gasteiger partial charge in [0.2, 0.25) is 0 Å². The summed E-state index contributed by atoms with van der Waals surface area (Å²) in [6.07, 6.45) is 2.16. The van der Waals surface area contributed by atoms with Crippen molar-refractivity contribution in [2.24, 2.45) is 5.92 Å². The first-order valence-corrected chi connectivity index (χ1v) is 13.0. The Balaban J connectivity index is 2.14. The zero-order chi connectivity index (χ0) is 28.3. The van der Waals surface area contributed by atoms with Crippen molar-refractivity contribution < 1.29 is 28.5 Å². The molecule has 0 N–H and O–H groups in total. The van der Waals surface area contributed by atoms with Crippen LogP contribution in [0.4, 0.5) is 0 Å². The standard InChI is InChI=1S/C30H42N2O6/c1-9-38-29(33)24-19-28(37-8)26(35-6)17-22(24)13-16-32(4)15-10-14-30(20-31,21(2)3)23-11-12-25(34-5)27(18-23)36-7/h11-12,17-19,21H,9-10,13-16H2,1-8H3. The number of hydrogen-bond donors (Lipinski definition) is 0. The van der Waals surface area contributed by atoms with Crippen molar-refractivity contribution in [1.82, 2.24) is 4.90 Å². The van der Waals surface area contributed by atoms with Gasteiger partial charge in [0.1, 0.15) is 0 Å². The molecule has 0 amide bonds. The zero-order valence-electron chi connectivity index (χ0n) is 24.1. The summed E-state index contributed by atoms with van der Waals surface area (Å²) >= 11 is 0. The number of nitriles is 1. The van der Waals surface area contributed by atoms with Gasteiger partial charge in [0.15, 0.2) is 23.0 Å². The van der Waals surface area contributed by atoms with E-state index in [1.165, 1.54) is 0 Å². The van der Waals surface area contributed by atoms with Gasteiger partial charge in [-0.2, -0.15) is 5.26 Å². The van der Waals surface area contributed by atoms with Gasteiger partial charge in [0, 0.05) is 6.54 Å². The molecule has 1 atom stereocenters. The third-order valence-corrected chi connectivity index (χ3v) is 7.06. The summed E-state index contributed by atoms with van der Waals surface area (Å²) in [5.41, 5.74) is 1.60. The van der Waals surface area contributed by atoms with Crippen LogP contribution in [0.15, 0.2) is 30.3 Å². The van der Waals surface area contributed by atoms with Crippen LogP contribution in [0.25, 0.3) is 0 Å². The SMILES string of the molecule is CCOC(=O)c1cc(OC)c(OC)cc1CCN(C)CCCC(C#N)(c1ccc(OC)c(OC)c1)C(C)C. The maximum Gasteiger partial charge on any atom is 0.338 e. The Labute approximate surface area is 227 Å². The van der Waals surface area contributed by atoms with Crippen LogP contribution < -0.4 is 18.9 Å². The molecule has 8 nitrogen and oxygen atoms in total. The Bertz CT molecular complexity index is 1110.